The van der Waals surface area contributed by atoms with Gasteiger partial charge in [-0.3, -0.25) is 19.1 Å². The molecular formula is C30H30N6O3. The molecule has 198 valence electrons. The number of aromatic amines is 1. The van der Waals surface area contributed by atoms with Crippen LogP contribution in [0.15, 0.2) is 79.5 Å². The van der Waals surface area contributed by atoms with Gasteiger partial charge in [-0.05, 0) is 60.5 Å². The van der Waals surface area contributed by atoms with Crippen LogP contribution in [0.4, 0.5) is 11.4 Å². The Kier molecular flexibility index (Phi) is 7.14. The van der Waals surface area contributed by atoms with E-state index in [1.807, 2.05) is 61.0 Å². The van der Waals surface area contributed by atoms with Crippen molar-refractivity contribution in [3.63, 3.8) is 0 Å². The van der Waals surface area contributed by atoms with Crippen molar-refractivity contribution in [3.05, 3.63) is 113 Å². The Hall–Kier alpha value is -4.92. The first kappa shape index (κ1) is 25.7. The van der Waals surface area contributed by atoms with E-state index in [0.29, 0.717) is 35.9 Å². The summed E-state index contributed by atoms with van der Waals surface area (Å²) >= 11 is 0. The number of benzene rings is 2. The lowest BCUT2D eigenvalue weighted by Gasteiger charge is -2.32. The third-order valence-electron chi connectivity index (χ3n) is 6.72. The standard InChI is InChI=1S/C30H30N6O3/c1-4-26(37)32-23-11-6-9-21(15-23)17-36-28-20(3)16-35(30(39)25-12-7-13-31-25)18-24(28)27(34-36)29(38)33-22-10-5-8-19(2)14-22/h4-15,20,31H,1,16-18H2,2-3H3,(H,32,37)(H,33,38). The van der Waals surface area contributed by atoms with Crippen LogP contribution in [0.1, 0.15) is 56.2 Å². The molecule has 0 fully saturated rings. The van der Waals surface area contributed by atoms with E-state index in [1.165, 1.54) is 6.08 Å². The normalized spacial score (nSPS) is 14.4. The van der Waals surface area contributed by atoms with Crippen molar-refractivity contribution in [2.75, 3.05) is 17.2 Å². The number of aromatic nitrogens is 3. The highest BCUT2D eigenvalue weighted by Gasteiger charge is 2.34. The van der Waals surface area contributed by atoms with Crippen molar-refractivity contribution in [3.8, 4) is 0 Å². The van der Waals surface area contributed by atoms with Crippen LogP contribution in [0, 0.1) is 6.92 Å². The van der Waals surface area contributed by atoms with Gasteiger partial charge in [-0.15, -0.1) is 0 Å². The van der Waals surface area contributed by atoms with Crippen LogP contribution < -0.4 is 10.6 Å². The van der Waals surface area contributed by atoms with Gasteiger partial charge in [0.15, 0.2) is 5.69 Å². The van der Waals surface area contributed by atoms with Crippen LogP contribution in [-0.2, 0) is 17.9 Å². The molecule has 0 aliphatic carbocycles. The number of anilines is 2. The van der Waals surface area contributed by atoms with Crippen molar-refractivity contribution < 1.29 is 14.4 Å². The van der Waals surface area contributed by atoms with E-state index in [4.69, 9.17) is 5.10 Å². The average molecular weight is 523 g/mol. The highest BCUT2D eigenvalue weighted by atomic mass is 16.2. The SMILES string of the molecule is C=CC(=O)Nc1cccc(Cn2nc(C(=O)Nc3cccc(C)c3)c3c2C(C)CN(C(=O)c2ccc[nH]2)C3)c1. The molecule has 3 N–H and O–H groups in total. The Morgan fingerprint density at radius 1 is 1.08 bits per heavy atom. The summed E-state index contributed by atoms with van der Waals surface area (Å²) in [5, 5.41) is 10.5. The maximum atomic E-state index is 13.5. The smallest absolute Gasteiger partial charge is 0.276 e. The summed E-state index contributed by atoms with van der Waals surface area (Å²) < 4.78 is 1.84. The molecule has 39 heavy (non-hydrogen) atoms. The van der Waals surface area contributed by atoms with E-state index in [0.717, 1.165) is 22.4 Å². The minimum absolute atomic E-state index is 0.0654. The van der Waals surface area contributed by atoms with Gasteiger partial charge in [0.25, 0.3) is 11.8 Å². The number of H-pyrrole nitrogens is 1. The number of fused-ring (bicyclic) bond motifs is 1. The van der Waals surface area contributed by atoms with Gasteiger partial charge in [0.05, 0.1) is 13.1 Å². The molecule has 0 saturated heterocycles. The van der Waals surface area contributed by atoms with Crippen molar-refractivity contribution in [1.82, 2.24) is 19.7 Å². The highest BCUT2D eigenvalue weighted by molar-refractivity contribution is 6.04. The lowest BCUT2D eigenvalue weighted by molar-refractivity contribution is -0.111. The number of hydrogen-bond acceptors (Lipinski definition) is 4. The number of amides is 3. The molecule has 0 spiro atoms. The molecule has 5 rings (SSSR count). The third-order valence-corrected chi connectivity index (χ3v) is 6.72. The maximum absolute atomic E-state index is 13.5. The number of rotatable bonds is 7. The van der Waals surface area contributed by atoms with Gasteiger partial charge in [0.1, 0.15) is 5.69 Å². The van der Waals surface area contributed by atoms with Crippen molar-refractivity contribution in [1.29, 1.82) is 0 Å². The minimum atomic E-state index is -0.330. The Morgan fingerprint density at radius 2 is 1.85 bits per heavy atom. The Labute approximate surface area is 226 Å². The topological polar surface area (TPSA) is 112 Å². The van der Waals surface area contributed by atoms with E-state index < -0.39 is 0 Å². The van der Waals surface area contributed by atoms with Gasteiger partial charge >= 0.3 is 0 Å². The summed E-state index contributed by atoms with van der Waals surface area (Å²) in [4.78, 5) is 43.2. The molecule has 9 heteroatoms. The van der Waals surface area contributed by atoms with Gasteiger partial charge in [-0.1, -0.05) is 37.8 Å². The predicted octanol–water partition coefficient (Wildman–Crippen LogP) is 4.70. The van der Waals surface area contributed by atoms with Crippen LogP contribution in [0.2, 0.25) is 0 Å². The van der Waals surface area contributed by atoms with E-state index in [2.05, 4.69) is 22.2 Å². The molecule has 0 saturated carbocycles. The molecule has 4 aromatic rings. The fourth-order valence-electron chi connectivity index (χ4n) is 5.01. The van der Waals surface area contributed by atoms with E-state index in [1.54, 1.807) is 29.3 Å². The zero-order valence-electron chi connectivity index (χ0n) is 21.9. The first-order valence-electron chi connectivity index (χ1n) is 12.7. The largest absolute Gasteiger partial charge is 0.357 e. The van der Waals surface area contributed by atoms with Gasteiger partial charge in [-0.25, -0.2) is 0 Å². The highest BCUT2D eigenvalue weighted by Crippen LogP contribution is 2.32. The first-order valence-corrected chi connectivity index (χ1v) is 12.7. The predicted molar refractivity (Wildman–Crippen MR) is 150 cm³/mol. The Bertz CT molecular complexity index is 1550. The number of nitrogens with zero attached hydrogens (tertiary/aromatic N) is 3. The van der Waals surface area contributed by atoms with Crippen LogP contribution in [-0.4, -0.2) is 43.9 Å². The zero-order valence-corrected chi connectivity index (χ0v) is 21.9. The molecule has 3 heterocycles. The second-order valence-corrected chi connectivity index (χ2v) is 9.76. The quantitative estimate of drug-likeness (QED) is 0.305. The molecule has 1 aliphatic rings. The average Bonchev–Trinajstić information content (AvgIpc) is 3.57. The molecule has 9 nitrogen and oxygen atoms in total. The van der Waals surface area contributed by atoms with Crippen LogP contribution in [0.25, 0.3) is 0 Å². The monoisotopic (exact) mass is 522 g/mol. The summed E-state index contributed by atoms with van der Waals surface area (Å²) in [6.07, 6.45) is 2.94. The van der Waals surface area contributed by atoms with Gasteiger partial charge in [0.2, 0.25) is 5.91 Å². The number of carbonyl (C=O) groups is 3. The molecule has 3 amide bonds. The number of nitrogens with one attached hydrogen (secondary N) is 3. The first-order chi connectivity index (χ1) is 18.8. The summed E-state index contributed by atoms with van der Waals surface area (Å²) in [7, 11) is 0. The van der Waals surface area contributed by atoms with Crippen molar-refractivity contribution in [2.45, 2.75) is 32.9 Å². The summed E-state index contributed by atoms with van der Waals surface area (Å²) in [6, 6.07) is 18.6. The number of hydrogen-bond donors (Lipinski definition) is 3. The molecule has 0 radical (unpaired) electrons. The van der Waals surface area contributed by atoms with Gasteiger partial charge in [0, 0.05) is 41.3 Å². The van der Waals surface area contributed by atoms with Crippen LogP contribution in [0.5, 0.6) is 0 Å². The fraction of sp³-hybridized carbons (Fsp3) is 0.200. The molecule has 1 atom stereocenters. The molecule has 0 bridgehead atoms. The minimum Gasteiger partial charge on any atom is -0.357 e. The molecule has 1 aliphatic heterocycles. The second-order valence-electron chi connectivity index (χ2n) is 9.76. The summed E-state index contributed by atoms with van der Waals surface area (Å²) in [6.45, 7) is 8.65. The molecular weight excluding hydrogens is 492 g/mol. The summed E-state index contributed by atoms with van der Waals surface area (Å²) in [5.74, 6) is -0.812. The third kappa shape index (κ3) is 5.52. The molecule has 1 unspecified atom stereocenters. The maximum Gasteiger partial charge on any atom is 0.276 e. The van der Waals surface area contributed by atoms with Crippen LogP contribution in [0.3, 0.4) is 0 Å². The zero-order chi connectivity index (χ0) is 27.5. The summed E-state index contributed by atoms with van der Waals surface area (Å²) in [5.41, 5.74) is 5.70. The van der Waals surface area contributed by atoms with Crippen molar-refractivity contribution in [2.24, 2.45) is 0 Å². The number of aryl methyl sites for hydroxylation is 1. The lowest BCUT2D eigenvalue weighted by atomic mass is 9.95. The van der Waals surface area contributed by atoms with Crippen LogP contribution >= 0.6 is 0 Å². The Morgan fingerprint density at radius 3 is 2.56 bits per heavy atom. The van der Waals surface area contributed by atoms with Gasteiger partial charge in [-0.2, -0.15) is 5.10 Å². The lowest BCUT2D eigenvalue weighted by Crippen LogP contribution is -2.38. The van der Waals surface area contributed by atoms with E-state index >= 15 is 0 Å². The molecule has 2 aromatic carbocycles. The Balaban J connectivity index is 1.50. The van der Waals surface area contributed by atoms with E-state index in [-0.39, 0.29) is 30.2 Å². The van der Waals surface area contributed by atoms with Crippen molar-refractivity contribution >= 4 is 29.1 Å². The molecule has 2 aromatic heterocycles. The number of carbonyl (C=O) groups excluding carboxylic acids is 3. The van der Waals surface area contributed by atoms with Gasteiger partial charge < -0.3 is 20.5 Å². The van der Waals surface area contributed by atoms with E-state index in [9.17, 15) is 14.4 Å². The fourth-order valence-corrected chi connectivity index (χ4v) is 5.01. The second kappa shape index (κ2) is 10.8.